The lowest BCUT2D eigenvalue weighted by Crippen LogP contribution is -2.43. The normalized spacial score (nSPS) is 13.8. The van der Waals surface area contributed by atoms with Crippen LogP contribution in [0.15, 0.2) is 90.2 Å². The van der Waals surface area contributed by atoms with Gasteiger partial charge in [-0.1, -0.05) is 18.2 Å². The van der Waals surface area contributed by atoms with Crippen molar-refractivity contribution in [2.24, 2.45) is 0 Å². The van der Waals surface area contributed by atoms with Gasteiger partial charge in [-0.3, -0.25) is 19.2 Å². The lowest BCUT2D eigenvalue weighted by molar-refractivity contribution is -0.145. The van der Waals surface area contributed by atoms with Gasteiger partial charge in [-0.15, -0.1) is 4.73 Å². The van der Waals surface area contributed by atoms with Crippen LogP contribution < -0.4 is 15.1 Å². The van der Waals surface area contributed by atoms with Gasteiger partial charge in [-0.25, -0.2) is 14.8 Å². The highest BCUT2D eigenvalue weighted by Gasteiger charge is 2.26. The summed E-state index contributed by atoms with van der Waals surface area (Å²) in [6.07, 6.45) is 4.80. The van der Waals surface area contributed by atoms with Crippen molar-refractivity contribution in [2.75, 3.05) is 50.0 Å². The summed E-state index contributed by atoms with van der Waals surface area (Å²) in [7, 11) is -2.80. The molecule has 0 radical (unpaired) electrons. The molecule has 4 heterocycles. The topological polar surface area (TPSA) is 204 Å². The molecule has 6 rings (SSSR count). The van der Waals surface area contributed by atoms with E-state index in [4.69, 9.17) is 4.84 Å². The first-order chi connectivity index (χ1) is 25.9. The Bertz CT molecular complexity index is 2220. The second kappa shape index (κ2) is 16.4. The molecule has 1 aliphatic rings. The van der Waals surface area contributed by atoms with Crippen molar-refractivity contribution in [3.8, 4) is 23.0 Å². The van der Waals surface area contributed by atoms with Gasteiger partial charge in [-0.05, 0) is 74.0 Å². The molecule has 0 spiro atoms. The van der Waals surface area contributed by atoms with Crippen LogP contribution in [-0.2, 0) is 21.5 Å². The first-order valence-electron chi connectivity index (χ1n) is 17.1. The summed E-state index contributed by atoms with van der Waals surface area (Å²) in [6, 6.07) is 18.9. The van der Waals surface area contributed by atoms with Crippen LogP contribution in [0, 0.1) is 6.92 Å². The van der Waals surface area contributed by atoms with Gasteiger partial charge in [0.15, 0.2) is 4.90 Å². The number of likely N-dealkylation sites (N-methyl/N-ethyl adjacent to an activating group) is 1. The summed E-state index contributed by atoms with van der Waals surface area (Å²) < 4.78 is 32.4. The Morgan fingerprint density at radius 2 is 1.74 bits per heavy atom. The van der Waals surface area contributed by atoms with Gasteiger partial charge in [0, 0.05) is 92.8 Å². The molecule has 17 heteroatoms. The zero-order valence-electron chi connectivity index (χ0n) is 29.7. The highest BCUT2D eigenvalue weighted by Crippen LogP contribution is 2.31. The van der Waals surface area contributed by atoms with Crippen LogP contribution in [0.4, 0.5) is 17.3 Å². The number of carbonyl (C=O) groups is 2. The maximum absolute atomic E-state index is 14.2. The standard InChI is InChI=1S/C37H40N8O8S/c1-25-7-12-29(21-31(25)41-37-39-15-13-30(40-37)28-5-3-14-38-23-28)44(16-4-6-34(47)53-45-33(46)22-32(36(45)49)54(50,51)52)35(48)27-10-8-26(9-11-27)24-43-19-17-42(2)18-20-43/h3,5,7-15,21-23,46,49H,4,6,16-20,24H2,1-2H3,(H,39,40,41)(H,50,51,52). The average molecular weight is 757 g/mol. The molecule has 5 aromatic rings. The number of amides is 1. The van der Waals surface area contributed by atoms with Crippen LogP contribution >= 0.6 is 0 Å². The van der Waals surface area contributed by atoms with Gasteiger partial charge in [0.05, 0.1) is 5.69 Å². The Morgan fingerprint density at radius 1 is 0.981 bits per heavy atom. The first-order valence-corrected chi connectivity index (χ1v) is 18.5. The van der Waals surface area contributed by atoms with E-state index in [1.54, 1.807) is 48.9 Å². The van der Waals surface area contributed by atoms with E-state index in [1.807, 2.05) is 37.3 Å². The van der Waals surface area contributed by atoms with Crippen molar-refractivity contribution >= 4 is 39.3 Å². The molecule has 1 aliphatic heterocycles. The molecular formula is C37H40N8O8S. The molecule has 3 aromatic heterocycles. The second-order valence-corrected chi connectivity index (χ2v) is 14.3. The Balaban J connectivity index is 1.22. The molecule has 0 aliphatic carbocycles. The van der Waals surface area contributed by atoms with Gasteiger partial charge in [0.2, 0.25) is 11.8 Å². The van der Waals surface area contributed by atoms with E-state index < -0.39 is 32.7 Å². The lowest BCUT2D eigenvalue weighted by Gasteiger charge is -2.32. The second-order valence-electron chi connectivity index (χ2n) is 12.9. The quantitative estimate of drug-likeness (QED) is 0.126. The highest BCUT2D eigenvalue weighted by molar-refractivity contribution is 7.86. The van der Waals surface area contributed by atoms with Gasteiger partial charge >= 0.3 is 5.97 Å². The minimum Gasteiger partial charge on any atom is -0.492 e. The minimum absolute atomic E-state index is 0.0480. The zero-order valence-corrected chi connectivity index (χ0v) is 30.5. The monoisotopic (exact) mass is 756 g/mol. The Hall–Kier alpha value is -5.88. The van der Waals surface area contributed by atoms with Crippen LogP contribution in [0.5, 0.6) is 11.8 Å². The van der Waals surface area contributed by atoms with Crippen LogP contribution in [0.3, 0.4) is 0 Å². The number of nitrogens with zero attached hydrogens (tertiary/aromatic N) is 7. The fraction of sp³-hybridized carbons (Fsp3) is 0.270. The number of pyridine rings is 1. The van der Waals surface area contributed by atoms with Crippen LogP contribution in [0.2, 0.25) is 0 Å². The van der Waals surface area contributed by atoms with E-state index in [1.165, 1.54) is 4.90 Å². The predicted octanol–water partition coefficient (Wildman–Crippen LogP) is 3.88. The van der Waals surface area contributed by atoms with E-state index in [0.29, 0.717) is 34.6 Å². The molecule has 4 N–H and O–H groups in total. The summed E-state index contributed by atoms with van der Waals surface area (Å²) in [6.45, 7) is 6.62. The molecule has 2 aromatic carbocycles. The maximum atomic E-state index is 14.2. The largest absolute Gasteiger partial charge is 0.492 e. The smallest absolute Gasteiger partial charge is 0.333 e. The molecule has 0 bridgehead atoms. The fourth-order valence-corrected chi connectivity index (χ4v) is 6.47. The molecule has 1 saturated heterocycles. The summed E-state index contributed by atoms with van der Waals surface area (Å²) in [5.41, 5.74) is 5.02. The van der Waals surface area contributed by atoms with E-state index in [2.05, 4.69) is 37.1 Å². The number of nitrogens with one attached hydrogen (secondary N) is 1. The maximum Gasteiger partial charge on any atom is 0.333 e. The SMILES string of the molecule is Cc1ccc(N(CCCC(=O)On2c(O)cc(S(=O)(=O)O)c2O)C(=O)c2ccc(CN3CCN(C)CC3)cc2)cc1Nc1nccc(-c2cccnc2)n1. The number of aromatic nitrogens is 4. The molecule has 1 fully saturated rings. The lowest BCUT2D eigenvalue weighted by atomic mass is 10.1. The number of aromatic hydroxyl groups is 2. The number of anilines is 3. The van der Waals surface area contributed by atoms with Crippen LogP contribution in [0.1, 0.15) is 34.3 Å². The van der Waals surface area contributed by atoms with Crippen molar-refractivity contribution < 1.29 is 37.6 Å². The molecule has 54 heavy (non-hydrogen) atoms. The Kier molecular flexibility index (Phi) is 11.5. The Labute approximate surface area is 312 Å². The van der Waals surface area contributed by atoms with Crippen LogP contribution in [-0.4, -0.2) is 104 Å². The number of benzene rings is 2. The first kappa shape index (κ1) is 37.9. The van der Waals surface area contributed by atoms with Gasteiger partial charge in [0.1, 0.15) is 0 Å². The van der Waals surface area contributed by atoms with E-state index in [0.717, 1.165) is 49.4 Å². The van der Waals surface area contributed by atoms with Gasteiger partial charge in [-0.2, -0.15) is 8.42 Å². The number of rotatable bonds is 13. The highest BCUT2D eigenvalue weighted by atomic mass is 32.2. The van der Waals surface area contributed by atoms with Gasteiger partial charge < -0.3 is 30.2 Å². The summed E-state index contributed by atoms with van der Waals surface area (Å²) >= 11 is 0. The molecule has 0 unspecified atom stereocenters. The van der Waals surface area contributed by atoms with Gasteiger partial charge in [0.25, 0.3) is 21.9 Å². The number of hydrogen-bond donors (Lipinski definition) is 4. The molecule has 0 saturated carbocycles. The van der Waals surface area contributed by atoms with Crippen LogP contribution in [0.25, 0.3) is 11.3 Å². The van der Waals surface area contributed by atoms with E-state index >= 15 is 0 Å². The van der Waals surface area contributed by atoms with E-state index in [9.17, 15) is 32.8 Å². The molecule has 282 valence electrons. The average Bonchev–Trinajstić information content (AvgIpc) is 3.45. The third-order valence-corrected chi connectivity index (χ3v) is 9.81. The third kappa shape index (κ3) is 9.18. The summed E-state index contributed by atoms with van der Waals surface area (Å²) in [4.78, 5) is 50.3. The molecule has 0 atom stereocenters. The predicted molar refractivity (Wildman–Crippen MR) is 199 cm³/mol. The third-order valence-electron chi connectivity index (χ3n) is 8.95. The number of hydrogen-bond acceptors (Lipinski definition) is 13. The Morgan fingerprint density at radius 3 is 2.43 bits per heavy atom. The van der Waals surface area contributed by atoms with Crippen molar-refractivity contribution in [2.45, 2.75) is 31.2 Å². The molecular weight excluding hydrogens is 717 g/mol. The van der Waals surface area contributed by atoms with Crippen molar-refractivity contribution in [1.29, 1.82) is 0 Å². The molecule has 1 amide bonds. The number of carbonyl (C=O) groups excluding carboxylic acids is 2. The summed E-state index contributed by atoms with van der Waals surface area (Å²) in [5.74, 6) is -3.03. The zero-order chi connectivity index (χ0) is 38.4. The van der Waals surface area contributed by atoms with Crippen molar-refractivity contribution in [3.63, 3.8) is 0 Å². The van der Waals surface area contributed by atoms with Crippen molar-refractivity contribution in [1.82, 2.24) is 29.5 Å². The minimum atomic E-state index is -4.91. The number of aryl methyl sites for hydroxylation is 1. The summed E-state index contributed by atoms with van der Waals surface area (Å²) in [5, 5.41) is 23.4. The number of piperazine rings is 1. The van der Waals surface area contributed by atoms with Crippen molar-refractivity contribution in [3.05, 3.63) is 102 Å². The fourth-order valence-electron chi connectivity index (χ4n) is 5.91. The molecule has 16 nitrogen and oxygen atoms in total. The van der Waals surface area contributed by atoms with E-state index in [-0.39, 0.29) is 30.0 Å².